The van der Waals surface area contributed by atoms with Crippen LogP contribution in [0.1, 0.15) is 21.5 Å². The third-order valence-electron chi connectivity index (χ3n) is 3.52. The Kier molecular flexibility index (Phi) is 3.36. The van der Waals surface area contributed by atoms with Crippen molar-refractivity contribution >= 4 is 22.5 Å². The minimum absolute atomic E-state index is 0.104. The summed E-state index contributed by atoms with van der Waals surface area (Å²) in [7, 11) is 0. The number of anilines is 1. The molecule has 4 heteroatoms. The number of amides is 1. The number of nitrogen functional groups attached to an aromatic ring is 1. The first-order valence-corrected chi connectivity index (χ1v) is 6.84. The van der Waals surface area contributed by atoms with Crippen LogP contribution < -0.4 is 11.1 Å². The number of H-pyrrole nitrogens is 1. The quantitative estimate of drug-likeness (QED) is 0.645. The van der Waals surface area contributed by atoms with Gasteiger partial charge in [-0.2, -0.15) is 0 Å². The summed E-state index contributed by atoms with van der Waals surface area (Å²) in [6.07, 6.45) is 1.72. The normalized spacial score (nSPS) is 10.7. The van der Waals surface area contributed by atoms with E-state index in [0.717, 1.165) is 16.5 Å². The van der Waals surface area contributed by atoms with E-state index in [9.17, 15) is 4.79 Å². The number of fused-ring (bicyclic) bond motifs is 1. The van der Waals surface area contributed by atoms with Crippen LogP contribution in [0.3, 0.4) is 0 Å². The fourth-order valence-corrected chi connectivity index (χ4v) is 2.31. The van der Waals surface area contributed by atoms with E-state index >= 15 is 0 Å². The van der Waals surface area contributed by atoms with E-state index in [2.05, 4.69) is 10.3 Å². The van der Waals surface area contributed by atoms with Crippen LogP contribution in [0.5, 0.6) is 0 Å². The second kappa shape index (κ2) is 5.32. The van der Waals surface area contributed by atoms with E-state index in [-0.39, 0.29) is 5.91 Å². The lowest BCUT2D eigenvalue weighted by molar-refractivity contribution is 0.0952. The molecule has 0 atom stereocenters. The van der Waals surface area contributed by atoms with Crippen LogP contribution in [0.4, 0.5) is 5.69 Å². The van der Waals surface area contributed by atoms with Gasteiger partial charge in [-0.25, -0.2) is 0 Å². The Morgan fingerprint density at radius 3 is 2.71 bits per heavy atom. The first-order chi connectivity index (χ1) is 10.1. The van der Waals surface area contributed by atoms with Gasteiger partial charge in [0.1, 0.15) is 0 Å². The van der Waals surface area contributed by atoms with Gasteiger partial charge in [-0.3, -0.25) is 4.79 Å². The average molecular weight is 279 g/mol. The van der Waals surface area contributed by atoms with Crippen LogP contribution in [-0.2, 0) is 6.54 Å². The van der Waals surface area contributed by atoms with Crippen molar-refractivity contribution in [2.45, 2.75) is 13.5 Å². The molecule has 0 aliphatic heterocycles. The standard InChI is InChI=1S/C17H17N3O/c1-11-2-4-12(5-3-11)9-20-17(21)15-10-19-16-7-6-13(18)8-14(15)16/h2-8,10,19H,9,18H2,1H3,(H,20,21). The van der Waals surface area contributed by atoms with Gasteiger partial charge in [0.05, 0.1) is 5.56 Å². The molecule has 1 aromatic heterocycles. The van der Waals surface area contributed by atoms with Crippen molar-refractivity contribution in [3.05, 3.63) is 65.4 Å². The summed E-state index contributed by atoms with van der Waals surface area (Å²) >= 11 is 0. The third-order valence-corrected chi connectivity index (χ3v) is 3.52. The predicted octanol–water partition coefficient (Wildman–Crippen LogP) is 2.99. The van der Waals surface area contributed by atoms with Crippen LogP contribution in [0.2, 0.25) is 0 Å². The fraction of sp³-hybridized carbons (Fsp3) is 0.118. The highest BCUT2D eigenvalue weighted by Crippen LogP contribution is 2.20. The van der Waals surface area contributed by atoms with Crippen molar-refractivity contribution in [3.63, 3.8) is 0 Å². The number of hydrogen-bond donors (Lipinski definition) is 3. The molecule has 0 aliphatic rings. The molecule has 0 aliphatic carbocycles. The molecule has 21 heavy (non-hydrogen) atoms. The van der Waals surface area contributed by atoms with E-state index in [1.54, 1.807) is 6.20 Å². The highest BCUT2D eigenvalue weighted by molar-refractivity contribution is 6.07. The Morgan fingerprint density at radius 2 is 1.95 bits per heavy atom. The third kappa shape index (κ3) is 2.74. The van der Waals surface area contributed by atoms with Crippen molar-refractivity contribution in [2.24, 2.45) is 0 Å². The molecule has 3 aromatic rings. The van der Waals surface area contributed by atoms with Gasteiger partial charge in [-0.15, -0.1) is 0 Å². The molecular weight excluding hydrogens is 262 g/mol. The van der Waals surface area contributed by atoms with Gasteiger partial charge >= 0.3 is 0 Å². The molecule has 0 bridgehead atoms. The molecule has 0 fully saturated rings. The second-order valence-electron chi connectivity index (χ2n) is 5.18. The lowest BCUT2D eigenvalue weighted by Gasteiger charge is -2.05. The van der Waals surface area contributed by atoms with Crippen molar-refractivity contribution < 1.29 is 4.79 Å². The molecule has 4 nitrogen and oxygen atoms in total. The molecular formula is C17H17N3O. The number of aromatic nitrogens is 1. The molecule has 106 valence electrons. The van der Waals surface area contributed by atoms with Crippen molar-refractivity contribution in [2.75, 3.05) is 5.73 Å². The minimum atomic E-state index is -0.104. The van der Waals surface area contributed by atoms with Crippen LogP contribution >= 0.6 is 0 Å². The molecule has 0 spiro atoms. The predicted molar refractivity (Wildman–Crippen MR) is 85.1 cm³/mol. The van der Waals surface area contributed by atoms with E-state index in [1.165, 1.54) is 5.56 Å². The summed E-state index contributed by atoms with van der Waals surface area (Å²) in [4.78, 5) is 15.4. The maximum atomic E-state index is 12.3. The number of aryl methyl sites for hydroxylation is 1. The monoisotopic (exact) mass is 279 g/mol. The Bertz CT molecular complexity index is 787. The van der Waals surface area contributed by atoms with Gasteiger partial charge in [0.25, 0.3) is 5.91 Å². The zero-order valence-corrected chi connectivity index (χ0v) is 11.8. The van der Waals surface area contributed by atoms with Gasteiger partial charge in [0.2, 0.25) is 0 Å². The van der Waals surface area contributed by atoms with E-state index in [1.807, 2.05) is 49.4 Å². The number of hydrogen-bond acceptors (Lipinski definition) is 2. The first kappa shape index (κ1) is 13.2. The highest BCUT2D eigenvalue weighted by Gasteiger charge is 2.11. The number of carbonyl (C=O) groups excluding carboxylic acids is 1. The summed E-state index contributed by atoms with van der Waals surface area (Å²) in [6.45, 7) is 2.55. The highest BCUT2D eigenvalue weighted by atomic mass is 16.1. The second-order valence-corrected chi connectivity index (χ2v) is 5.18. The molecule has 3 rings (SSSR count). The molecule has 0 radical (unpaired) electrons. The van der Waals surface area contributed by atoms with Crippen LogP contribution in [0, 0.1) is 6.92 Å². The van der Waals surface area contributed by atoms with Crippen LogP contribution in [0.25, 0.3) is 10.9 Å². The summed E-state index contributed by atoms with van der Waals surface area (Å²) in [5.41, 5.74) is 10.2. The molecule has 0 unspecified atom stereocenters. The SMILES string of the molecule is Cc1ccc(CNC(=O)c2c[nH]c3ccc(N)cc23)cc1. The number of nitrogens with one attached hydrogen (secondary N) is 2. The Labute approximate surface area is 123 Å². The maximum absolute atomic E-state index is 12.3. The molecule has 4 N–H and O–H groups in total. The Morgan fingerprint density at radius 1 is 1.19 bits per heavy atom. The largest absolute Gasteiger partial charge is 0.399 e. The number of rotatable bonds is 3. The van der Waals surface area contributed by atoms with Crippen molar-refractivity contribution in [1.82, 2.24) is 10.3 Å². The number of benzene rings is 2. The molecule has 0 saturated heterocycles. The average Bonchev–Trinajstić information content (AvgIpc) is 2.89. The van der Waals surface area contributed by atoms with Gasteiger partial charge in [-0.05, 0) is 30.7 Å². The van der Waals surface area contributed by atoms with Crippen LogP contribution in [0.15, 0.2) is 48.7 Å². The van der Waals surface area contributed by atoms with Gasteiger partial charge in [0.15, 0.2) is 0 Å². The number of nitrogens with two attached hydrogens (primary N) is 1. The lowest BCUT2D eigenvalue weighted by atomic mass is 10.1. The summed E-state index contributed by atoms with van der Waals surface area (Å²) in [6, 6.07) is 13.6. The van der Waals surface area contributed by atoms with Gasteiger partial charge in [-0.1, -0.05) is 29.8 Å². The Balaban J connectivity index is 1.78. The zero-order valence-electron chi connectivity index (χ0n) is 11.8. The van der Waals surface area contributed by atoms with Crippen molar-refractivity contribution in [1.29, 1.82) is 0 Å². The Hall–Kier alpha value is -2.75. The fourth-order valence-electron chi connectivity index (χ4n) is 2.31. The van der Waals surface area contributed by atoms with E-state index < -0.39 is 0 Å². The molecule has 1 heterocycles. The summed E-state index contributed by atoms with van der Waals surface area (Å²) in [5.74, 6) is -0.104. The molecule has 2 aromatic carbocycles. The molecule has 1 amide bonds. The number of carbonyl (C=O) groups is 1. The number of aromatic amines is 1. The van der Waals surface area contributed by atoms with Gasteiger partial charge < -0.3 is 16.0 Å². The van der Waals surface area contributed by atoms with E-state index in [0.29, 0.717) is 17.8 Å². The topological polar surface area (TPSA) is 70.9 Å². The zero-order chi connectivity index (χ0) is 14.8. The smallest absolute Gasteiger partial charge is 0.253 e. The maximum Gasteiger partial charge on any atom is 0.253 e. The summed E-state index contributed by atoms with van der Waals surface area (Å²) < 4.78 is 0. The van der Waals surface area contributed by atoms with Crippen LogP contribution in [-0.4, -0.2) is 10.9 Å². The lowest BCUT2D eigenvalue weighted by Crippen LogP contribution is -2.22. The molecule has 0 saturated carbocycles. The van der Waals surface area contributed by atoms with Gasteiger partial charge in [0, 0.05) is 29.3 Å². The van der Waals surface area contributed by atoms with Crippen molar-refractivity contribution in [3.8, 4) is 0 Å². The summed E-state index contributed by atoms with van der Waals surface area (Å²) in [5, 5.41) is 3.78. The first-order valence-electron chi connectivity index (χ1n) is 6.84. The van der Waals surface area contributed by atoms with E-state index in [4.69, 9.17) is 5.73 Å². The minimum Gasteiger partial charge on any atom is -0.399 e.